The summed E-state index contributed by atoms with van der Waals surface area (Å²) in [5.41, 5.74) is 0.696. The zero-order valence-electron chi connectivity index (χ0n) is 13.0. The van der Waals surface area contributed by atoms with Gasteiger partial charge in [-0.3, -0.25) is 0 Å². The van der Waals surface area contributed by atoms with Gasteiger partial charge in [0.2, 0.25) is 5.95 Å². The van der Waals surface area contributed by atoms with E-state index in [2.05, 4.69) is 19.3 Å². The van der Waals surface area contributed by atoms with Gasteiger partial charge in [-0.1, -0.05) is 12.1 Å². The van der Waals surface area contributed by atoms with E-state index in [1.165, 1.54) is 0 Å². The molecule has 2 aliphatic rings. The Labute approximate surface area is 140 Å². The summed E-state index contributed by atoms with van der Waals surface area (Å²) in [6, 6.07) is 8.80. The first-order valence-electron chi connectivity index (χ1n) is 7.86. The van der Waals surface area contributed by atoms with Crippen LogP contribution in [0.25, 0.3) is 0 Å². The van der Waals surface area contributed by atoms with E-state index in [0.717, 1.165) is 26.1 Å². The second kappa shape index (κ2) is 5.86. The molecule has 0 aliphatic carbocycles. The van der Waals surface area contributed by atoms with Crippen LogP contribution < -0.4 is 4.90 Å². The van der Waals surface area contributed by atoms with Crippen molar-refractivity contribution >= 4 is 21.8 Å². The monoisotopic (exact) mass is 343 g/mol. The Morgan fingerprint density at radius 2 is 1.58 bits per heavy atom. The van der Waals surface area contributed by atoms with Gasteiger partial charge < -0.3 is 9.80 Å². The number of nitrogens with zero attached hydrogens (tertiary/aromatic N) is 5. The van der Waals surface area contributed by atoms with Crippen molar-refractivity contribution < 1.29 is 8.42 Å². The van der Waals surface area contributed by atoms with E-state index in [4.69, 9.17) is 0 Å². The van der Waals surface area contributed by atoms with E-state index in [1.807, 2.05) is 17.0 Å². The van der Waals surface area contributed by atoms with E-state index in [1.54, 1.807) is 30.6 Å². The number of rotatable bonds is 1. The molecule has 1 aromatic heterocycles. The molecular weight excluding hydrogens is 326 g/mol. The smallest absolute Gasteiger partial charge is 0.285 e. The number of fused-ring (bicyclic) bond motifs is 1. The Bertz CT molecular complexity index is 882. The van der Waals surface area contributed by atoms with Crippen LogP contribution in [0.5, 0.6) is 0 Å². The zero-order chi connectivity index (χ0) is 16.6. The summed E-state index contributed by atoms with van der Waals surface area (Å²) in [6.07, 6.45) is 4.35. The Hall–Kier alpha value is -2.48. The van der Waals surface area contributed by atoms with Crippen molar-refractivity contribution in [2.45, 2.75) is 11.3 Å². The van der Waals surface area contributed by atoms with E-state index in [0.29, 0.717) is 28.8 Å². The fourth-order valence-corrected chi connectivity index (χ4v) is 4.33. The minimum absolute atomic E-state index is 0.299. The van der Waals surface area contributed by atoms with Crippen molar-refractivity contribution in [2.24, 2.45) is 4.40 Å². The molecule has 0 amide bonds. The Kier molecular flexibility index (Phi) is 3.68. The molecule has 0 saturated carbocycles. The summed E-state index contributed by atoms with van der Waals surface area (Å²) in [6.45, 7) is 3.00. The van der Waals surface area contributed by atoms with Crippen LogP contribution in [0.1, 0.15) is 12.0 Å². The van der Waals surface area contributed by atoms with Gasteiger partial charge in [0.05, 0.1) is 0 Å². The SMILES string of the molecule is O=S1(=O)N=C(N2CCCN(c3ncccn3)CC2)c2ccccc21. The largest absolute Gasteiger partial charge is 0.354 e. The highest BCUT2D eigenvalue weighted by molar-refractivity contribution is 7.90. The number of sulfonamides is 1. The second-order valence-electron chi connectivity index (χ2n) is 5.76. The molecule has 24 heavy (non-hydrogen) atoms. The molecule has 7 nitrogen and oxygen atoms in total. The summed E-state index contributed by atoms with van der Waals surface area (Å²) in [7, 11) is -3.57. The highest BCUT2D eigenvalue weighted by Gasteiger charge is 2.32. The predicted octanol–water partition coefficient (Wildman–Crippen LogP) is 1.14. The number of anilines is 1. The Balaban J connectivity index is 1.59. The first-order valence-corrected chi connectivity index (χ1v) is 9.30. The van der Waals surface area contributed by atoms with Gasteiger partial charge in [0.15, 0.2) is 5.84 Å². The number of aromatic nitrogens is 2. The molecule has 0 N–H and O–H groups in total. The standard InChI is InChI=1S/C16H17N5O2S/c22-24(23)14-6-2-1-5-13(14)15(19-24)20-9-4-10-21(12-11-20)16-17-7-3-8-18-16/h1-3,5-8H,4,9-12H2. The van der Waals surface area contributed by atoms with Crippen LogP contribution in [0.2, 0.25) is 0 Å². The van der Waals surface area contributed by atoms with Crippen LogP contribution in [-0.4, -0.2) is 55.3 Å². The molecule has 0 unspecified atom stereocenters. The predicted molar refractivity (Wildman–Crippen MR) is 90.6 cm³/mol. The van der Waals surface area contributed by atoms with E-state index >= 15 is 0 Å². The van der Waals surface area contributed by atoms with E-state index in [-0.39, 0.29) is 0 Å². The van der Waals surface area contributed by atoms with Crippen molar-refractivity contribution in [3.8, 4) is 0 Å². The average Bonchev–Trinajstić information content (AvgIpc) is 2.77. The molecule has 1 fully saturated rings. The van der Waals surface area contributed by atoms with Crippen LogP contribution in [0.4, 0.5) is 5.95 Å². The lowest BCUT2D eigenvalue weighted by Crippen LogP contribution is -2.35. The topological polar surface area (TPSA) is 78.8 Å². The highest BCUT2D eigenvalue weighted by Crippen LogP contribution is 2.28. The lowest BCUT2D eigenvalue weighted by molar-refractivity contribution is 0.449. The van der Waals surface area contributed by atoms with Crippen molar-refractivity contribution in [1.29, 1.82) is 0 Å². The maximum Gasteiger partial charge on any atom is 0.285 e. The van der Waals surface area contributed by atoms with Crippen LogP contribution in [0.3, 0.4) is 0 Å². The van der Waals surface area contributed by atoms with E-state index in [9.17, 15) is 8.42 Å². The number of benzene rings is 1. The number of hydrogen-bond acceptors (Lipinski definition) is 6. The van der Waals surface area contributed by atoms with Crippen molar-refractivity contribution in [1.82, 2.24) is 14.9 Å². The van der Waals surface area contributed by atoms with Crippen molar-refractivity contribution in [3.05, 3.63) is 48.3 Å². The second-order valence-corrected chi connectivity index (χ2v) is 7.34. The van der Waals surface area contributed by atoms with E-state index < -0.39 is 10.0 Å². The quantitative estimate of drug-likeness (QED) is 0.772. The number of hydrogen-bond donors (Lipinski definition) is 0. The number of amidine groups is 1. The molecule has 0 spiro atoms. The molecule has 2 aromatic rings. The lowest BCUT2D eigenvalue weighted by atomic mass is 10.2. The molecular formula is C16H17N5O2S. The van der Waals surface area contributed by atoms with Crippen LogP contribution >= 0.6 is 0 Å². The van der Waals surface area contributed by atoms with Gasteiger partial charge in [-0.15, -0.1) is 4.40 Å². The molecule has 0 radical (unpaired) electrons. The Morgan fingerprint density at radius 1 is 0.875 bits per heavy atom. The third-order valence-corrected chi connectivity index (χ3v) is 5.57. The summed E-state index contributed by atoms with van der Waals surface area (Å²) in [4.78, 5) is 13.1. The highest BCUT2D eigenvalue weighted by atomic mass is 32.2. The molecule has 124 valence electrons. The molecule has 4 rings (SSSR count). The molecule has 3 heterocycles. The van der Waals surface area contributed by atoms with Crippen molar-refractivity contribution in [3.63, 3.8) is 0 Å². The maximum absolute atomic E-state index is 12.2. The summed E-state index contributed by atoms with van der Waals surface area (Å²) in [5.74, 6) is 1.27. The maximum atomic E-state index is 12.2. The fourth-order valence-electron chi connectivity index (χ4n) is 3.10. The Morgan fingerprint density at radius 3 is 2.42 bits per heavy atom. The van der Waals surface area contributed by atoms with Crippen LogP contribution in [0.15, 0.2) is 52.0 Å². The third kappa shape index (κ3) is 2.62. The van der Waals surface area contributed by atoms with Gasteiger partial charge >= 0.3 is 0 Å². The molecule has 8 heteroatoms. The van der Waals surface area contributed by atoms with Gasteiger partial charge in [0.1, 0.15) is 4.90 Å². The van der Waals surface area contributed by atoms with Crippen LogP contribution in [-0.2, 0) is 10.0 Å². The zero-order valence-corrected chi connectivity index (χ0v) is 13.9. The summed E-state index contributed by atoms with van der Waals surface area (Å²) in [5, 5.41) is 0. The minimum Gasteiger partial charge on any atom is -0.354 e. The fraction of sp³-hybridized carbons (Fsp3) is 0.312. The van der Waals surface area contributed by atoms with Crippen LogP contribution in [0, 0.1) is 0 Å². The van der Waals surface area contributed by atoms with Gasteiger partial charge in [-0.25, -0.2) is 9.97 Å². The van der Waals surface area contributed by atoms with Gasteiger partial charge in [0, 0.05) is 44.1 Å². The first-order chi connectivity index (χ1) is 11.6. The summed E-state index contributed by atoms with van der Waals surface area (Å²) < 4.78 is 28.5. The van der Waals surface area contributed by atoms with Crippen molar-refractivity contribution in [2.75, 3.05) is 31.1 Å². The minimum atomic E-state index is -3.57. The summed E-state index contributed by atoms with van der Waals surface area (Å²) >= 11 is 0. The van der Waals surface area contributed by atoms with Gasteiger partial charge in [-0.2, -0.15) is 8.42 Å². The lowest BCUT2D eigenvalue weighted by Gasteiger charge is -2.23. The molecule has 0 bridgehead atoms. The molecule has 2 aliphatic heterocycles. The molecule has 0 atom stereocenters. The third-order valence-electron chi connectivity index (χ3n) is 4.24. The normalized spacial score (nSPS) is 19.6. The molecule has 1 saturated heterocycles. The first kappa shape index (κ1) is 15.1. The molecule has 1 aromatic carbocycles. The van der Waals surface area contributed by atoms with Gasteiger partial charge in [0.25, 0.3) is 10.0 Å². The average molecular weight is 343 g/mol. The van der Waals surface area contributed by atoms with Gasteiger partial charge in [-0.05, 0) is 24.6 Å².